The molecule has 1 aliphatic rings. The summed E-state index contributed by atoms with van der Waals surface area (Å²) in [6.07, 6.45) is 2.89. The first-order valence-electron chi connectivity index (χ1n) is 7.10. The molecule has 1 aliphatic heterocycles. The highest BCUT2D eigenvalue weighted by atomic mass is 31.2. The zero-order valence-corrected chi connectivity index (χ0v) is 12.9. The van der Waals surface area contributed by atoms with E-state index in [1.54, 1.807) is 6.21 Å². The number of benzene rings is 2. The molecule has 0 amide bonds. The Bertz CT molecular complexity index is 669. The number of hydrogen-bond donors (Lipinski definition) is 0. The van der Waals surface area contributed by atoms with Crippen LogP contribution >= 0.6 is 7.14 Å². The minimum Gasteiger partial charge on any atom is -0.306 e. The second kappa shape index (κ2) is 5.16. The van der Waals surface area contributed by atoms with Gasteiger partial charge in [-0.1, -0.05) is 60.7 Å². The van der Waals surface area contributed by atoms with Gasteiger partial charge in [0.15, 0.2) is 6.21 Å². The van der Waals surface area contributed by atoms with Gasteiger partial charge in [-0.2, -0.15) is 0 Å². The average molecular weight is 299 g/mol. The lowest BCUT2D eigenvalue weighted by molar-refractivity contribution is -0.835. The first-order chi connectivity index (χ1) is 10.1. The van der Waals surface area contributed by atoms with Gasteiger partial charge in [-0.3, -0.25) is 0 Å². The predicted molar refractivity (Wildman–Crippen MR) is 84.4 cm³/mol. The van der Waals surface area contributed by atoms with E-state index in [1.807, 2.05) is 67.6 Å². The molecule has 1 heterocycles. The first-order valence-corrected chi connectivity index (χ1v) is 8.81. The number of hydroxylamine groups is 1. The molecule has 4 heteroatoms. The van der Waals surface area contributed by atoms with Crippen molar-refractivity contribution in [1.29, 1.82) is 0 Å². The summed E-state index contributed by atoms with van der Waals surface area (Å²) in [7, 11) is -3.06. The van der Waals surface area contributed by atoms with Gasteiger partial charge in [0.2, 0.25) is 7.14 Å². The lowest BCUT2D eigenvalue weighted by Crippen LogP contribution is -2.40. The Morgan fingerprint density at radius 1 is 0.952 bits per heavy atom. The fourth-order valence-electron chi connectivity index (χ4n) is 3.04. The minimum absolute atomic E-state index is 0.609. The van der Waals surface area contributed by atoms with Crippen LogP contribution in [0.2, 0.25) is 0 Å². The molecule has 21 heavy (non-hydrogen) atoms. The topological polar surface area (TPSA) is 40.0 Å². The Morgan fingerprint density at radius 3 is 1.81 bits per heavy atom. The molecule has 2 aromatic carbocycles. The van der Waals surface area contributed by atoms with Gasteiger partial charge >= 0.3 is 0 Å². The summed E-state index contributed by atoms with van der Waals surface area (Å²) >= 11 is 0. The van der Waals surface area contributed by atoms with Crippen LogP contribution in [0.5, 0.6) is 0 Å². The van der Waals surface area contributed by atoms with Crippen LogP contribution in [0, 0.1) is 0 Å². The minimum atomic E-state index is -3.06. The van der Waals surface area contributed by atoms with E-state index in [2.05, 4.69) is 0 Å². The highest BCUT2D eigenvalue weighted by molar-refractivity contribution is 7.79. The molecular weight excluding hydrogens is 281 g/mol. The van der Waals surface area contributed by atoms with Crippen LogP contribution in [-0.4, -0.2) is 16.2 Å². The van der Waals surface area contributed by atoms with Gasteiger partial charge < -0.3 is 4.57 Å². The maximum atomic E-state index is 14.1. The molecule has 3 nitrogen and oxygen atoms in total. The summed E-state index contributed by atoms with van der Waals surface area (Å²) in [6.45, 7) is 1.82. The highest BCUT2D eigenvalue weighted by Gasteiger charge is 2.59. The van der Waals surface area contributed by atoms with Gasteiger partial charge in [0, 0.05) is 40.3 Å². The third-order valence-electron chi connectivity index (χ3n) is 4.31. The second-order valence-electron chi connectivity index (χ2n) is 5.54. The average Bonchev–Trinajstić information content (AvgIpc) is 2.89. The maximum absolute atomic E-state index is 14.1. The Balaban J connectivity index is 2.27. The monoisotopic (exact) mass is 299 g/mol. The number of nitrogens with zero attached hydrogens (tertiary/aromatic N) is 1. The molecule has 0 N–H and O–H groups in total. The van der Waals surface area contributed by atoms with Crippen LogP contribution in [-0.2, 0) is 9.77 Å². The van der Waals surface area contributed by atoms with Crippen LogP contribution in [0.1, 0.15) is 19.8 Å². The molecule has 0 bridgehead atoms. The predicted octanol–water partition coefficient (Wildman–Crippen LogP) is 2.94. The van der Waals surface area contributed by atoms with Crippen LogP contribution in [0.15, 0.2) is 60.7 Å². The second-order valence-corrected chi connectivity index (χ2v) is 8.76. The molecular formula is C17H18NO2P+. The molecule has 0 aliphatic carbocycles. The summed E-state index contributed by atoms with van der Waals surface area (Å²) in [5, 5.41) is 13.0. The summed E-state index contributed by atoms with van der Waals surface area (Å²) in [4.78, 5) is 0. The van der Waals surface area contributed by atoms with Crippen molar-refractivity contribution in [2.24, 2.45) is 0 Å². The van der Waals surface area contributed by atoms with E-state index in [1.165, 1.54) is 0 Å². The molecule has 0 spiro atoms. The summed E-state index contributed by atoms with van der Waals surface area (Å²) in [5.74, 6) is 0. The lowest BCUT2D eigenvalue weighted by Gasteiger charge is -2.28. The molecule has 2 aromatic rings. The fourth-order valence-corrected chi connectivity index (χ4v) is 6.44. The van der Waals surface area contributed by atoms with Crippen molar-refractivity contribution in [3.63, 3.8) is 0 Å². The summed E-state index contributed by atoms with van der Waals surface area (Å²) in [5.41, 5.74) is 0. The van der Waals surface area contributed by atoms with Crippen molar-refractivity contribution >= 4 is 24.0 Å². The third kappa shape index (κ3) is 2.04. The van der Waals surface area contributed by atoms with Crippen molar-refractivity contribution in [2.45, 2.75) is 25.0 Å². The zero-order chi connectivity index (χ0) is 14.9. The Hall–Kier alpha value is -1.86. The van der Waals surface area contributed by atoms with E-state index in [0.717, 1.165) is 15.3 Å². The molecule has 1 unspecified atom stereocenters. The zero-order valence-electron chi connectivity index (χ0n) is 12.0. The molecule has 3 rings (SSSR count). The van der Waals surface area contributed by atoms with Gasteiger partial charge in [0.25, 0.3) is 5.28 Å². The Labute approximate surface area is 124 Å². The molecule has 0 fully saturated rings. The normalized spacial score (nSPS) is 22.0. The Morgan fingerprint density at radius 2 is 1.43 bits per heavy atom. The number of hydrogen-bond acceptors (Lipinski definition) is 1. The van der Waals surface area contributed by atoms with Crippen molar-refractivity contribution < 1.29 is 14.5 Å². The van der Waals surface area contributed by atoms with Gasteiger partial charge in [0.1, 0.15) is 0 Å². The number of rotatable bonds is 3. The van der Waals surface area contributed by atoms with Crippen LogP contribution in [0.4, 0.5) is 0 Å². The summed E-state index contributed by atoms with van der Waals surface area (Å²) in [6, 6.07) is 18.8. The maximum Gasteiger partial charge on any atom is 0.271 e. The largest absolute Gasteiger partial charge is 0.306 e. The van der Waals surface area contributed by atoms with Crippen LogP contribution in [0.25, 0.3) is 0 Å². The van der Waals surface area contributed by atoms with E-state index in [4.69, 9.17) is 0 Å². The van der Waals surface area contributed by atoms with E-state index in [-0.39, 0.29) is 0 Å². The van der Waals surface area contributed by atoms with Gasteiger partial charge in [-0.25, -0.2) is 0 Å². The molecule has 0 saturated heterocycles. The molecule has 107 valence electrons. The molecule has 0 aromatic heterocycles. The van der Waals surface area contributed by atoms with Crippen LogP contribution < -0.4 is 10.6 Å². The van der Waals surface area contributed by atoms with E-state index in [9.17, 15) is 9.77 Å². The van der Waals surface area contributed by atoms with Crippen LogP contribution in [0.3, 0.4) is 0 Å². The smallest absolute Gasteiger partial charge is 0.271 e. The standard InChI is InChI=1S/C17H18NO2P/c1-17(13-8-14-18(17)19)21(20,15-9-4-2-5-10-15)16-11-6-3-7-12-16/h2-7,9-12,14H,8,13H2,1H3/q+1. The van der Waals surface area contributed by atoms with E-state index >= 15 is 0 Å². The lowest BCUT2D eigenvalue weighted by atomic mass is 10.2. The SMILES string of the molecule is CC1(P(=O)(c2ccccc2)c2ccccc2)CCC=[N+]1[O]. The van der Waals surface area contributed by atoms with Crippen molar-refractivity contribution in [3.8, 4) is 0 Å². The van der Waals surface area contributed by atoms with Gasteiger partial charge in [-0.15, -0.1) is 0 Å². The Kier molecular flexibility index (Phi) is 3.46. The van der Waals surface area contributed by atoms with Crippen molar-refractivity contribution in [1.82, 2.24) is 0 Å². The molecule has 0 saturated carbocycles. The summed E-state index contributed by atoms with van der Waals surface area (Å²) < 4.78 is 15.0. The van der Waals surface area contributed by atoms with E-state index < -0.39 is 12.4 Å². The van der Waals surface area contributed by atoms with Gasteiger partial charge in [-0.05, 0) is 0 Å². The highest BCUT2D eigenvalue weighted by Crippen LogP contribution is 2.59. The van der Waals surface area contributed by atoms with E-state index in [0.29, 0.717) is 12.8 Å². The molecule has 1 radical (unpaired) electrons. The first kappa shape index (κ1) is 14.1. The molecule has 1 atom stereocenters. The third-order valence-corrected chi connectivity index (χ3v) is 8.13. The van der Waals surface area contributed by atoms with Gasteiger partial charge in [0.05, 0.1) is 0 Å². The van der Waals surface area contributed by atoms with Crippen molar-refractivity contribution in [2.75, 3.05) is 0 Å². The van der Waals surface area contributed by atoms with Crippen molar-refractivity contribution in [3.05, 3.63) is 60.7 Å². The quantitative estimate of drug-likeness (QED) is 0.634. The fraction of sp³-hybridized carbons (Fsp3) is 0.235.